The molecule has 4 aliphatic rings. The third kappa shape index (κ3) is 1.84. The molecular weight excluding hydrogens is 182 g/mol. The minimum absolute atomic E-state index is 0.0556. The van der Waals surface area contributed by atoms with E-state index in [0.29, 0.717) is 0 Å². The lowest BCUT2D eigenvalue weighted by molar-refractivity contribution is -0.0459. The van der Waals surface area contributed by atoms with E-state index in [1.165, 1.54) is 32.1 Å². The maximum absolute atomic E-state index is 6.22. The number of hydrogen-bond acceptors (Lipinski definition) is 1. The predicted octanol–water partition coefficient (Wildman–Crippen LogP) is 3.19. The molecule has 4 saturated carbocycles. The highest BCUT2D eigenvalue weighted by Gasteiger charge is 2.48. The molecule has 0 aromatic carbocycles. The Bertz CT molecular complexity index is 223. The SMILES string of the molecule is CC(C)(N)CC1C2CC3CC(C2)CC1C3. The normalized spacial score (nSPS) is 48.6. The fourth-order valence-electron chi connectivity index (χ4n) is 4.98. The second-order valence-electron chi connectivity index (χ2n) is 7.29. The van der Waals surface area contributed by atoms with Crippen molar-refractivity contribution in [3.05, 3.63) is 0 Å². The molecule has 0 heterocycles. The Hall–Kier alpha value is -0.0400. The van der Waals surface area contributed by atoms with Gasteiger partial charge in [-0.1, -0.05) is 0 Å². The molecule has 4 aliphatic carbocycles. The average molecular weight is 207 g/mol. The van der Waals surface area contributed by atoms with Crippen LogP contribution in [-0.2, 0) is 0 Å². The molecule has 4 fully saturated rings. The molecule has 0 saturated heterocycles. The van der Waals surface area contributed by atoms with Gasteiger partial charge in [-0.25, -0.2) is 0 Å². The average Bonchev–Trinajstić information content (AvgIpc) is 2.08. The number of hydrogen-bond donors (Lipinski definition) is 1. The maximum Gasteiger partial charge on any atom is 0.00998 e. The summed E-state index contributed by atoms with van der Waals surface area (Å²) in [5.41, 5.74) is 6.27. The zero-order valence-electron chi connectivity index (χ0n) is 10.2. The Labute approximate surface area is 93.8 Å². The van der Waals surface area contributed by atoms with E-state index in [1.54, 1.807) is 6.42 Å². The van der Waals surface area contributed by atoms with E-state index < -0.39 is 0 Å². The largest absolute Gasteiger partial charge is 0.326 e. The van der Waals surface area contributed by atoms with Crippen LogP contribution >= 0.6 is 0 Å². The maximum atomic E-state index is 6.22. The number of nitrogens with two attached hydrogens (primary N) is 1. The van der Waals surface area contributed by atoms with Crippen LogP contribution in [0.15, 0.2) is 0 Å². The Balaban J connectivity index is 1.75. The monoisotopic (exact) mass is 207 g/mol. The van der Waals surface area contributed by atoms with Crippen molar-refractivity contribution >= 4 is 0 Å². The van der Waals surface area contributed by atoms with E-state index in [2.05, 4.69) is 13.8 Å². The van der Waals surface area contributed by atoms with E-state index in [1.807, 2.05) is 0 Å². The van der Waals surface area contributed by atoms with Gasteiger partial charge in [0.15, 0.2) is 0 Å². The first kappa shape index (κ1) is 10.1. The molecule has 0 radical (unpaired) electrons. The Morgan fingerprint density at radius 2 is 1.40 bits per heavy atom. The van der Waals surface area contributed by atoms with Crippen LogP contribution in [0.2, 0.25) is 0 Å². The van der Waals surface area contributed by atoms with Gasteiger partial charge >= 0.3 is 0 Å². The topological polar surface area (TPSA) is 26.0 Å². The van der Waals surface area contributed by atoms with E-state index >= 15 is 0 Å². The van der Waals surface area contributed by atoms with Gasteiger partial charge in [0.05, 0.1) is 0 Å². The second-order valence-corrected chi connectivity index (χ2v) is 7.29. The highest BCUT2D eigenvalue weighted by molar-refractivity contribution is 4.99. The van der Waals surface area contributed by atoms with E-state index in [9.17, 15) is 0 Å². The molecule has 4 bridgehead atoms. The minimum Gasteiger partial charge on any atom is -0.326 e. The molecule has 0 amide bonds. The van der Waals surface area contributed by atoms with E-state index in [-0.39, 0.29) is 5.54 Å². The lowest BCUT2D eigenvalue weighted by atomic mass is 9.50. The van der Waals surface area contributed by atoms with Gasteiger partial charge in [-0.05, 0) is 82.0 Å². The van der Waals surface area contributed by atoms with Gasteiger partial charge in [0.1, 0.15) is 0 Å². The third-order valence-corrected chi connectivity index (χ3v) is 5.18. The van der Waals surface area contributed by atoms with E-state index in [0.717, 1.165) is 29.6 Å². The van der Waals surface area contributed by atoms with Crippen molar-refractivity contribution in [3.63, 3.8) is 0 Å². The minimum atomic E-state index is 0.0556. The second kappa shape index (κ2) is 3.23. The van der Waals surface area contributed by atoms with Crippen LogP contribution in [-0.4, -0.2) is 5.54 Å². The summed E-state index contributed by atoms with van der Waals surface area (Å²) >= 11 is 0. The summed E-state index contributed by atoms with van der Waals surface area (Å²) in [5, 5.41) is 0. The van der Waals surface area contributed by atoms with Gasteiger partial charge in [-0.2, -0.15) is 0 Å². The summed E-state index contributed by atoms with van der Waals surface area (Å²) in [7, 11) is 0. The molecule has 1 nitrogen and oxygen atoms in total. The van der Waals surface area contributed by atoms with Gasteiger partial charge in [0.2, 0.25) is 0 Å². The van der Waals surface area contributed by atoms with Crippen LogP contribution in [0.25, 0.3) is 0 Å². The van der Waals surface area contributed by atoms with Crippen molar-refractivity contribution in [1.29, 1.82) is 0 Å². The van der Waals surface area contributed by atoms with Crippen molar-refractivity contribution in [2.75, 3.05) is 0 Å². The molecule has 1 heteroatoms. The molecular formula is C14H25N. The molecule has 86 valence electrons. The first-order valence-electron chi connectivity index (χ1n) is 6.80. The molecule has 15 heavy (non-hydrogen) atoms. The molecule has 0 unspecified atom stereocenters. The van der Waals surface area contributed by atoms with Gasteiger partial charge in [-0.15, -0.1) is 0 Å². The van der Waals surface area contributed by atoms with Crippen LogP contribution in [0, 0.1) is 29.6 Å². The summed E-state index contributed by atoms with van der Waals surface area (Å²) in [4.78, 5) is 0. The highest BCUT2D eigenvalue weighted by atomic mass is 14.7. The molecule has 4 rings (SSSR count). The van der Waals surface area contributed by atoms with Crippen LogP contribution < -0.4 is 5.73 Å². The molecule has 0 aliphatic heterocycles. The van der Waals surface area contributed by atoms with Gasteiger partial charge in [0.25, 0.3) is 0 Å². The molecule has 2 N–H and O–H groups in total. The standard InChI is InChI=1S/C14H25N/c1-14(2,15)8-13-11-4-9-3-10(6-11)7-12(13)5-9/h9-13H,3-8,15H2,1-2H3. The highest BCUT2D eigenvalue weighted by Crippen LogP contribution is 2.57. The van der Waals surface area contributed by atoms with Gasteiger partial charge in [0, 0.05) is 5.54 Å². The smallest absolute Gasteiger partial charge is 0.00998 e. The van der Waals surface area contributed by atoms with Gasteiger partial charge < -0.3 is 5.73 Å². The summed E-state index contributed by atoms with van der Waals surface area (Å²) in [5.74, 6) is 5.26. The van der Waals surface area contributed by atoms with Crippen molar-refractivity contribution < 1.29 is 0 Å². The fraction of sp³-hybridized carbons (Fsp3) is 1.00. The van der Waals surface area contributed by atoms with Crippen LogP contribution in [0.5, 0.6) is 0 Å². The third-order valence-electron chi connectivity index (χ3n) is 5.18. The number of rotatable bonds is 2. The van der Waals surface area contributed by atoms with Crippen molar-refractivity contribution in [3.8, 4) is 0 Å². The Kier molecular flexibility index (Phi) is 2.18. The van der Waals surface area contributed by atoms with Crippen molar-refractivity contribution in [2.45, 2.75) is 57.9 Å². The zero-order chi connectivity index (χ0) is 10.6. The van der Waals surface area contributed by atoms with Crippen molar-refractivity contribution in [2.24, 2.45) is 35.3 Å². The summed E-state index contributed by atoms with van der Waals surface area (Å²) in [6.07, 6.45) is 8.97. The molecule has 0 atom stereocenters. The summed E-state index contributed by atoms with van der Waals surface area (Å²) in [6.45, 7) is 4.41. The molecule has 0 spiro atoms. The van der Waals surface area contributed by atoms with Gasteiger partial charge in [-0.3, -0.25) is 0 Å². The summed E-state index contributed by atoms with van der Waals surface area (Å²) in [6, 6.07) is 0. The zero-order valence-corrected chi connectivity index (χ0v) is 10.2. The van der Waals surface area contributed by atoms with E-state index in [4.69, 9.17) is 5.73 Å². The summed E-state index contributed by atoms with van der Waals surface area (Å²) < 4.78 is 0. The Morgan fingerprint density at radius 1 is 0.933 bits per heavy atom. The lowest BCUT2D eigenvalue weighted by Gasteiger charge is -2.55. The van der Waals surface area contributed by atoms with Crippen LogP contribution in [0.3, 0.4) is 0 Å². The predicted molar refractivity (Wildman–Crippen MR) is 63.4 cm³/mol. The molecule has 0 aromatic rings. The lowest BCUT2D eigenvalue weighted by Crippen LogP contribution is -2.48. The first-order valence-corrected chi connectivity index (χ1v) is 6.80. The fourth-order valence-corrected chi connectivity index (χ4v) is 4.98. The first-order chi connectivity index (χ1) is 7.01. The Morgan fingerprint density at radius 3 is 1.80 bits per heavy atom. The van der Waals surface area contributed by atoms with Crippen LogP contribution in [0.4, 0.5) is 0 Å². The van der Waals surface area contributed by atoms with Crippen molar-refractivity contribution in [1.82, 2.24) is 0 Å². The van der Waals surface area contributed by atoms with Crippen LogP contribution in [0.1, 0.15) is 52.4 Å². The molecule has 0 aromatic heterocycles. The quantitative estimate of drug-likeness (QED) is 0.739.